The third kappa shape index (κ3) is 12.5. The van der Waals surface area contributed by atoms with Crippen molar-refractivity contribution in [2.24, 2.45) is 5.73 Å². The van der Waals surface area contributed by atoms with Gasteiger partial charge in [0.2, 0.25) is 0 Å². The van der Waals surface area contributed by atoms with Gasteiger partial charge in [0, 0.05) is 36.8 Å². The van der Waals surface area contributed by atoms with E-state index in [1.54, 1.807) is 24.3 Å². The monoisotopic (exact) mass is 696 g/mol. The van der Waals surface area contributed by atoms with Crippen LogP contribution < -0.4 is 22.3 Å². The van der Waals surface area contributed by atoms with Crippen LogP contribution in [0.3, 0.4) is 0 Å². The van der Waals surface area contributed by atoms with Gasteiger partial charge in [-0.25, -0.2) is 18.5 Å². The Bertz CT molecular complexity index is 1660. The molecule has 3 rings (SSSR count). The number of carbonyl (C=O) groups is 1. The van der Waals surface area contributed by atoms with E-state index in [2.05, 4.69) is 35.3 Å². The maximum Gasteiger partial charge on any atom is 0.490 e. The lowest BCUT2D eigenvalue weighted by atomic mass is 10.1. The molecular formula is C23H31N4O15P3. The summed E-state index contributed by atoms with van der Waals surface area (Å²) >= 11 is 0. The molecule has 1 fully saturated rings. The molecule has 1 saturated heterocycles. The predicted molar refractivity (Wildman–Crippen MR) is 153 cm³/mol. The average Bonchev–Trinajstić information content (AvgIpc) is 3.41. The minimum atomic E-state index is -5.67. The summed E-state index contributed by atoms with van der Waals surface area (Å²) in [6.45, 7) is 0.147. The van der Waals surface area contributed by atoms with E-state index >= 15 is 0 Å². The first kappa shape index (κ1) is 36.7. The van der Waals surface area contributed by atoms with Crippen LogP contribution in [0.15, 0.2) is 40.1 Å². The van der Waals surface area contributed by atoms with Gasteiger partial charge in [0.25, 0.3) is 11.5 Å². The van der Waals surface area contributed by atoms with Crippen molar-refractivity contribution in [1.82, 2.24) is 14.9 Å². The number of H-pyrrole nitrogens is 1. The fourth-order valence-corrected chi connectivity index (χ4v) is 6.87. The van der Waals surface area contributed by atoms with E-state index < -0.39 is 53.7 Å². The molecule has 2 aromatic rings. The highest BCUT2D eigenvalue weighted by Gasteiger charge is 2.41. The van der Waals surface area contributed by atoms with Gasteiger partial charge in [0.1, 0.15) is 12.8 Å². The number of aromatic nitrogens is 2. The Labute approximate surface area is 255 Å². The first-order chi connectivity index (χ1) is 21.1. The molecule has 1 aliphatic rings. The van der Waals surface area contributed by atoms with Crippen LogP contribution in [-0.4, -0.2) is 67.5 Å². The Morgan fingerprint density at radius 1 is 1.07 bits per heavy atom. The summed E-state index contributed by atoms with van der Waals surface area (Å²) in [5.41, 5.74) is 5.60. The first-order valence-electron chi connectivity index (χ1n) is 13.0. The van der Waals surface area contributed by atoms with Crippen LogP contribution in [0.5, 0.6) is 0 Å². The van der Waals surface area contributed by atoms with Crippen LogP contribution in [0.2, 0.25) is 0 Å². The van der Waals surface area contributed by atoms with Gasteiger partial charge < -0.3 is 40.1 Å². The molecule has 2 unspecified atom stereocenters. The Morgan fingerprint density at radius 3 is 2.44 bits per heavy atom. The third-order valence-electron chi connectivity index (χ3n) is 5.84. The quantitative estimate of drug-likeness (QED) is 0.0733. The van der Waals surface area contributed by atoms with Gasteiger partial charge in [-0.05, 0) is 30.5 Å². The molecule has 22 heteroatoms. The van der Waals surface area contributed by atoms with Crippen molar-refractivity contribution in [2.45, 2.75) is 38.1 Å². The molecule has 4 atom stereocenters. The fraction of sp³-hybridized carbons (Fsp3) is 0.435. The molecule has 0 aliphatic carbocycles. The zero-order valence-corrected chi connectivity index (χ0v) is 26.0. The van der Waals surface area contributed by atoms with Crippen molar-refractivity contribution in [3.8, 4) is 11.8 Å². The number of phosphoric acid groups is 3. The molecule has 0 spiro atoms. The number of phosphoric ester groups is 1. The Balaban J connectivity index is 1.45. The van der Waals surface area contributed by atoms with Gasteiger partial charge in [-0.2, -0.15) is 8.62 Å². The summed E-state index contributed by atoms with van der Waals surface area (Å²) in [6.07, 6.45) is -0.253. The molecular weight excluding hydrogens is 665 g/mol. The van der Waals surface area contributed by atoms with Crippen molar-refractivity contribution >= 4 is 29.4 Å². The van der Waals surface area contributed by atoms with Crippen molar-refractivity contribution in [2.75, 3.05) is 26.4 Å². The molecule has 19 nitrogen and oxygen atoms in total. The van der Waals surface area contributed by atoms with Crippen molar-refractivity contribution < 1.29 is 60.7 Å². The molecule has 1 amide bonds. The first-order valence-corrected chi connectivity index (χ1v) is 17.5. The maximum absolute atomic E-state index is 12.4. The molecule has 1 aliphatic heterocycles. The summed E-state index contributed by atoms with van der Waals surface area (Å²) in [7, 11) is -16.5. The Hall–Kier alpha value is -2.78. The van der Waals surface area contributed by atoms with Crippen molar-refractivity contribution in [1.29, 1.82) is 0 Å². The van der Waals surface area contributed by atoms with Crippen LogP contribution in [0, 0.1) is 11.8 Å². The van der Waals surface area contributed by atoms with Crippen LogP contribution >= 0.6 is 23.5 Å². The highest BCUT2D eigenvalue weighted by molar-refractivity contribution is 7.66. The summed E-state index contributed by atoms with van der Waals surface area (Å²) in [4.78, 5) is 74.9. The number of carbonyl (C=O) groups excluding carboxylic acids is 1. The Kier molecular flexibility index (Phi) is 13.2. The standard InChI is InChI=1S/C23H31N4O15P3/c24-13-16-4-6-17(7-5-16)21(28)25-10-12-38-11-2-1-3-18-14-27(23(30)26-22(18)29)20-9-8-19(40-20)15-39-44(34,35)42-45(36,37)41-43(31,32)33/h4-7,14,19-20H,3,8-13,15,24H2,(H,25,28)(H,34,35)(H,36,37)(H,26,29,30)(H2,31,32,33)/t19-,20+/m0/s1. The molecule has 0 radical (unpaired) electrons. The lowest BCUT2D eigenvalue weighted by Gasteiger charge is -2.19. The normalized spacial score (nSPS) is 19.2. The van der Waals surface area contributed by atoms with Crippen molar-refractivity contribution in [3.63, 3.8) is 0 Å². The van der Waals surface area contributed by atoms with E-state index in [0.717, 1.165) is 10.1 Å². The van der Waals surface area contributed by atoms with Crippen LogP contribution in [0.4, 0.5) is 0 Å². The highest BCUT2D eigenvalue weighted by Crippen LogP contribution is 2.66. The van der Waals surface area contributed by atoms with Crippen LogP contribution in [-0.2, 0) is 49.3 Å². The second-order valence-electron chi connectivity index (χ2n) is 9.24. The molecule has 1 aromatic heterocycles. The van der Waals surface area contributed by atoms with Crippen LogP contribution in [0.1, 0.15) is 40.6 Å². The second kappa shape index (κ2) is 16.2. The van der Waals surface area contributed by atoms with E-state index in [-0.39, 0.29) is 50.5 Å². The minimum absolute atomic E-state index is 0.0155. The summed E-state index contributed by atoms with van der Waals surface area (Å²) in [6, 6.07) is 6.87. The number of hydrogen-bond donors (Lipinski definition) is 7. The minimum Gasteiger partial charge on any atom is -0.367 e. The third-order valence-corrected chi connectivity index (χ3v) is 9.64. The Morgan fingerprint density at radius 2 is 1.78 bits per heavy atom. The van der Waals surface area contributed by atoms with Gasteiger partial charge >= 0.3 is 29.2 Å². The number of aromatic amines is 1. The van der Waals surface area contributed by atoms with Gasteiger partial charge in [0.05, 0.1) is 19.3 Å². The smallest absolute Gasteiger partial charge is 0.367 e. The molecule has 0 saturated carbocycles. The SMILES string of the molecule is NCc1ccc(C(=O)NCCOCC#CCc2cn([C@H]3CC[C@@H](COP(=O)(O)OP(=O)(O)OP(=O)(O)O)O3)c(=O)[nH]c2=O)cc1. The molecule has 0 bridgehead atoms. The molecule has 248 valence electrons. The van der Waals surface area contributed by atoms with E-state index in [1.807, 2.05) is 0 Å². The van der Waals surface area contributed by atoms with Gasteiger partial charge in [0.15, 0.2) is 0 Å². The summed E-state index contributed by atoms with van der Waals surface area (Å²) < 4.78 is 58.0. The zero-order valence-electron chi connectivity index (χ0n) is 23.3. The summed E-state index contributed by atoms with van der Waals surface area (Å²) in [5, 5.41) is 2.71. The maximum atomic E-state index is 12.4. The number of amides is 1. The van der Waals surface area contributed by atoms with Crippen molar-refractivity contribution in [3.05, 3.63) is 68.0 Å². The molecule has 8 N–H and O–H groups in total. The topological polar surface area (TPSA) is 288 Å². The van der Waals surface area contributed by atoms with E-state index in [4.69, 9.17) is 25.0 Å². The number of nitrogens with zero attached hydrogens (tertiary/aromatic N) is 1. The highest BCUT2D eigenvalue weighted by atomic mass is 31.3. The zero-order chi connectivity index (χ0) is 33.3. The van der Waals surface area contributed by atoms with Crippen LogP contribution in [0.25, 0.3) is 0 Å². The number of hydrogen-bond acceptors (Lipinski definition) is 12. The lowest BCUT2D eigenvalue weighted by molar-refractivity contribution is -0.0244. The molecule has 1 aromatic carbocycles. The molecule has 45 heavy (non-hydrogen) atoms. The fourth-order valence-electron chi connectivity index (χ4n) is 3.82. The van der Waals surface area contributed by atoms with Gasteiger partial charge in [-0.15, -0.1) is 0 Å². The predicted octanol–water partition coefficient (Wildman–Crippen LogP) is 0.00870. The number of rotatable bonds is 15. The number of benzene rings is 1. The largest absolute Gasteiger partial charge is 0.490 e. The van der Waals surface area contributed by atoms with Gasteiger partial charge in [-0.3, -0.25) is 23.7 Å². The van der Waals surface area contributed by atoms with E-state index in [9.17, 15) is 37.9 Å². The number of ether oxygens (including phenoxy) is 2. The average molecular weight is 696 g/mol. The summed E-state index contributed by atoms with van der Waals surface area (Å²) in [5.74, 6) is 5.21. The number of nitrogens with one attached hydrogen (secondary N) is 2. The van der Waals surface area contributed by atoms with E-state index in [1.165, 1.54) is 6.20 Å². The number of nitrogens with two attached hydrogens (primary N) is 1. The molecule has 2 heterocycles. The second-order valence-corrected chi connectivity index (χ2v) is 13.7. The lowest BCUT2D eigenvalue weighted by Crippen LogP contribution is -2.34. The van der Waals surface area contributed by atoms with Gasteiger partial charge in [-0.1, -0.05) is 24.0 Å². The van der Waals surface area contributed by atoms with E-state index in [0.29, 0.717) is 12.1 Å².